The van der Waals surface area contributed by atoms with Gasteiger partial charge < -0.3 is 20.8 Å². The fraction of sp³-hybridized carbons (Fsp3) is 0.250. The Morgan fingerprint density at radius 1 is 0.814 bits per heavy atom. The maximum absolute atomic E-state index is 12.9. The molecule has 0 spiro atoms. The Balaban J connectivity index is 0.000000384. The summed E-state index contributed by atoms with van der Waals surface area (Å²) in [5.41, 5.74) is 10.4. The zero-order chi connectivity index (χ0) is 32.4. The first kappa shape index (κ1) is 34.3. The number of piperidine rings is 1. The van der Waals surface area contributed by atoms with Crippen LogP contribution >= 0.6 is 0 Å². The van der Waals surface area contributed by atoms with Crippen molar-refractivity contribution < 1.29 is 50.9 Å². The van der Waals surface area contributed by atoms with Gasteiger partial charge in [-0.05, 0) is 59.7 Å². The number of carbonyl (C=O) groups excluding carboxylic acids is 1. The van der Waals surface area contributed by atoms with Crippen LogP contribution in [0.3, 0.4) is 0 Å². The maximum Gasteiger partial charge on any atom is 0.490 e. The van der Waals surface area contributed by atoms with Crippen molar-refractivity contribution >= 4 is 23.7 Å². The Morgan fingerprint density at radius 2 is 1.35 bits per heavy atom. The number of hydrogen-bond acceptors (Lipinski definition) is 5. The molecule has 230 valence electrons. The van der Waals surface area contributed by atoms with Gasteiger partial charge in [0.2, 0.25) is 0 Å². The van der Waals surface area contributed by atoms with Crippen molar-refractivity contribution in [2.75, 3.05) is 13.1 Å². The quantitative estimate of drug-likeness (QED) is 0.176. The van der Waals surface area contributed by atoms with E-state index in [4.69, 9.17) is 30.9 Å². The van der Waals surface area contributed by atoms with Crippen LogP contribution in [0.4, 0.5) is 26.3 Å². The summed E-state index contributed by atoms with van der Waals surface area (Å²) >= 11 is 0. The minimum atomic E-state index is -5.08. The van der Waals surface area contributed by atoms with Crippen LogP contribution in [0, 0.1) is 5.41 Å². The number of likely N-dealkylation sites (tertiary alicyclic amines) is 1. The fourth-order valence-corrected chi connectivity index (χ4v) is 3.90. The van der Waals surface area contributed by atoms with E-state index in [-0.39, 0.29) is 11.7 Å². The molecule has 0 unspecified atom stereocenters. The predicted molar refractivity (Wildman–Crippen MR) is 142 cm³/mol. The number of benzene rings is 2. The van der Waals surface area contributed by atoms with Crippen molar-refractivity contribution in [2.45, 2.75) is 31.1 Å². The van der Waals surface area contributed by atoms with Gasteiger partial charge >= 0.3 is 24.3 Å². The van der Waals surface area contributed by atoms with Crippen LogP contribution in [0.2, 0.25) is 0 Å². The third-order valence-corrected chi connectivity index (χ3v) is 6.06. The summed E-state index contributed by atoms with van der Waals surface area (Å²) < 4.78 is 63.5. The Bertz CT molecular complexity index is 1380. The van der Waals surface area contributed by atoms with Crippen molar-refractivity contribution in [3.8, 4) is 11.1 Å². The lowest BCUT2D eigenvalue weighted by molar-refractivity contribution is -0.193. The van der Waals surface area contributed by atoms with Crippen LogP contribution < -0.4 is 5.73 Å². The van der Waals surface area contributed by atoms with E-state index < -0.39 is 24.3 Å². The van der Waals surface area contributed by atoms with Gasteiger partial charge in [0.25, 0.3) is 5.91 Å². The molecule has 0 bridgehead atoms. The molecule has 1 saturated heterocycles. The first-order valence-corrected chi connectivity index (χ1v) is 12.3. The topological polar surface area (TPSA) is 158 Å². The van der Waals surface area contributed by atoms with Gasteiger partial charge in [0.05, 0.1) is 0 Å². The van der Waals surface area contributed by atoms with Crippen LogP contribution in [0.5, 0.6) is 0 Å². The smallest absolute Gasteiger partial charge is 0.475 e. The minimum absolute atomic E-state index is 0.0821. The van der Waals surface area contributed by atoms with Gasteiger partial charge in [-0.1, -0.05) is 36.4 Å². The molecule has 3 aromatic rings. The second-order valence-corrected chi connectivity index (χ2v) is 9.03. The second-order valence-electron chi connectivity index (χ2n) is 9.03. The van der Waals surface area contributed by atoms with Gasteiger partial charge in [-0.3, -0.25) is 15.2 Å². The number of amidine groups is 1. The summed E-state index contributed by atoms with van der Waals surface area (Å²) in [5, 5.41) is 21.9. The summed E-state index contributed by atoms with van der Waals surface area (Å²) in [6.45, 7) is 1.47. The van der Waals surface area contributed by atoms with Crippen molar-refractivity contribution in [1.29, 1.82) is 5.41 Å². The third-order valence-electron chi connectivity index (χ3n) is 6.06. The van der Waals surface area contributed by atoms with E-state index >= 15 is 0 Å². The zero-order valence-electron chi connectivity index (χ0n) is 22.2. The number of pyridine rings is 1. The van der Waals surface area contributed by atoms with Gasteiger partial charge in [-0.2, -0.15) is 26.3 Å². The van der Waals surface area contributed by atoms with Crippen LogP contribution in [-0.4, -0.2) is 69.2 Å². The molecule has 43 heavy (non-hydrogen) atoms. The van der Waals surface area contributed by atoms with Gasteiger partial charge in [0.15, 0.2) is 0 Å². The average molecular weight is 613 g/mol. The molecular weight excluding hydrogens is 586 g/mol. The molecule has 5 N–H and O–H groups in total. The number of hydrogen-bond donors (Lipinski definition) is 4. The van der Waals surface area contributed by atoms with E-state index in [0.717, 1.165) is 48.2 Å². The number of nitrogen functional groups attached to an aromatic ring is 1. The van der Waals surface area contributed by atoms with E-state index in [1.54, 1.807) is 6.20 Å². The van der Waals surface area contributed by atoms with Gasteiger partial charge in [0.1, 0.15) is 5.84 Å². The normalized spacial score (nSPS) is 13.5. The number of carboxylic acids is 2. The molecular formula is C28H26F6N4O5. The minimum Gasteiger partial charge on any atom is -0.475 e. The van der Waals surface area contributed by atoms with E-state index in [2.05, 4.69) is 11.1 Å². The van der Waals surface area contributed by atoms with Crippen LogP contribution in [-0.2, 0) is 9.59 Å². The molecule has 1 aromatic heterocycles. The Morgan fingerprint density at radius 3 is 1.79 bits per heavy atom. The molecule has 1 aliphatic rings. The van der Waals surface area contributed by atoms with E-state index in [1.165, 1.54) is 5.56 Å². The van der Waals surface area contributed by atoms with Crippen LogP contribution in [0.15, 0.2) is 73.1 Å². The van der Waals surface area contributed by atoms with Crippen molar-refractivity contribution in [3.05, 3.63) is 89.7 Å². The number of carboxylic acid groups (broad SMARTS) is 2. The highest BCUT2D eigenvalue weighted by Gasteiger charge is 2.38. The first-order chi connectivity index (χ1) is 20.0. The molecule has 0 saturated carbocycles. The molecule has 2 heterocycles. The summed E-state index contributed by atoms with van der Waals surface area (Å²) in [4.78, 5) is 36.8. The molecule has 15 heteroatoms. The maximum atomic E-state index is 12.9. The summed E-state index contributed by atoms with van der Waals surface area (Å²) in [5.74, 6) is -4.95. The monoisotopic (exact) mass is 612 g/mol. The molecule has 0 atom stereocenters. The number of nitrogens with one attached hydrogen (secondary N) is 1. The molecule has 1 amide bonds. The SMILES string of the molecule is N=C(N)c1cccc(C2CCN(C(=O)c3ccc(-c4cccnc4)cc3)CC2)c1.O=C(O)C(F)(F)F.O=C(O)C(F)(F)F. The molecule has 0 aliphatic carbocycles. The number of nitrogens with two attached hydrogens (primary N) is 1. The van der Waals surface area contributed by atoms with E-state index in [0.29, 0.717) is 5.92 Å². The number of aliphatic carboxylic acids is 2. The van der Waals surface area contributed by atoms with Gasteiger partial charge in [-0.25, -0.2) is 9.59 Å². The number of nitrogens with zero attached hydrogens (tertiary/aromatic N) is 2. The summed E-state index contributed by atoms with van der Waals surface area (Å²) in [6, 6.07) is 19.6. The third kappa shape index (κ3) is 10.8. The predicted octanol–water partition coefficient (Wildman–Crippen LogP) is 5.32. The van der Waals surface area contributed by atoms with Crippen molar-refractivity contribution in [3.63, 3.8) is 0 Å². The first-order valence-electron chi connectivity index (χ1n) is 12.3. The van der Waals surface area contributed by atoms with E-state index in [1.807, 2.05) is 65.7 Å². The van der Waals surface area contributed by atoms with Gasteiger partial charge in [0, 0.05) is 36.6 Å². The van der Waals surface area contributed by atoms with Crippen LogP contribution in [0.1, 0.15) is 40.2 Å². The highest BCUT2D eigenvalue weighted by atomic mass is 19.4. The lowest BCUT2D eigenvalue weighted by atomic mass is 9.88. The van der Waals surface area contributed by atoms with E-state index in [9.17, 15) is 31.1 Å². The lowest BCUT2D eigenvalue weighted by Crippen LogP contribution is -2.37. The van der Waals surface area contributed by atoms with Crippen molar-refractivity contribution in [2.24, 2.45) is 5.73 Å². The Kier molecular flexibility index (Phi) is 11.8. The fourth-order valence-electron chi connectivity index (χ4n) is 3.90. The van der Waals surface area contributed by atoms with Crippen molar-refractivity contribution in [1.82, 2.24) is 9.88 Å². The number of halogens is 6. The molecule has 1 fully saturated rings. The molecule has 1 aliphatic heterocycles. The molecule has 9 nitrogen and oxygen atoms in total. The Labute approximate surface area is 241 Å². The number of amides is 1. The van der Waals surface area contributed by atoms with Crippen LogP contribution in [0.25, 0.3) is 11.1 Å². The standard InChI is InChI=1S/C24H24N4O.2C2HF3O2/c25-23(26)21-4-1-3-20(15-21)18-10-13-28(14-11-18)24(29)19-8-6-17(7-9-19)22-5-2-12-27-16-22;2*3-2(4,5)1(6)7/h1-9,12,15-16,18H,10-11,13-14H2,(H3,25,26);2*(H,6,7). The molecule has 4 rings (SSSR count). The zero-order valence-corrected chi connectivity index (χ0v) is 22.2. The number of carbonyl (C=O) groups is 3. The Hall–Kier alpha value is -4.95. The summed E-state index contributed by atoms with van der Waals surface area (Å²) in [6.07, 6.45) is -4.76. The highest BCUT2D eigenvalue weighted by Crippen LogP contribution is 2.29. The number of rotatable bonds is 4. The van der Waals surface area contributed by atoms with Gasteiger partial charge in [-0.15, -0.1) is 0 Å². The number of alkyl halides is 6. The lowest BCUT2D eigenvalue weighted by Gasteiger charge is -2.32. The summed E-state index contributed by atoms with van der Waals surface area (Å²) in [7, 11) is 0. The average Bonchev–Trinajstić information content (AvgIpc) is 2.97. The number of aromatic nitrogens is 1. The molecule has 0 radical (unpaired) electrons. The highest BCUT2D eigenvalue weighted by molar-refractivity contribution is 5.95. The largest absolute Gasteiger partial charge is 0.490 e. The second kappa shape index (κ2) is 14.8. The molecule has 2 aromatic carbocycles.